The minimum Gasteiger partial charge on any atom is -0.456 e. The van der Waals surface area contributed by atoms with E-state index in [9.17, 15) is 23.2 Å². The molecule has 39 heavy (non-hydrogen) atoms. The van der Waals surface area contributed by atoms with Crippen LogP contribution in [0.3, 0.4) is 0 Å². The number of hydrogen-bond acceptors (Lipinski definition) is 6. The number of nitrogens with one attached hydrogen (secondary N) is 2. The monoisotopic (exact) mass is 541 g/mol. The molecule has 3 aromatic rings. The molecule has 2 heterocycles. The van der Waals surface area contributed by atoms with Gasteiger partial charge < -0.3 is 19.5 Å². The molecule has 1 amide bonds. The molecule has 208 valence electrons. The van der Waals surface area contributed by atoms with Crippen LogP contribution in [0.5, 0.6) is 0 Å². The molecule has 1 aliphatic heterocycles. The van der Waals surface area contributed by atoms with E-state index in [1.165, 1.54) is 12.1 Å². The van der Waals surface area contributed by atoms with Crippen molar-refractivity contribution in [2.75, 3.05) is 38.1 Å². The van der Waals surface area contributed by atoms with E-state index in [-0.39, 0.29) is 17.9 Å². The maximum absolute atomic E-state index is 14.4. The van der Waals surface area contributed by atoms with Gasteiger partial charge in [0.1, 0.15) is 22.7 Å². The van der Waals surface area contributed by atoms with Gasteiger partial charge in [-0.25, -0.2) is 0 Å². The first kappa shape index (κ1) is 27.3. The number of amides is 1. The van der Waals surface area contributed by atoms with Crippen molar-refractivity contribution in [1.29, 1.82) is 5.26 Å². The van der Waals surface area contributed by atoms with Crippen LogP contribution in [0, 0.1) is 17.2 Å². The van der Waals surface area contributed by atoms with Crippen molar-refractivity contribution >= 4 is 33.5 Å². The minimum absolute atomic E-state index is 0.0312. The van der Waals surface area contributed by atoms with Crippen LogP contribution in [-0.4, -0.2) is 61.8 Å². The average molecular weight is 542 g/mol. The van der Waals surface area contributed by atoms with Gasteiger partial charge >= 0.3 is 6.18 Å². The summed E-state index contributed by atoms with van der Waals surface area (Å²) < 4.78 is 49.1. The topological polar surface area (TPSA) is 84.5 Å². The number of nitriles is 1. The van der Waals surface area contributed by atoms with Crippen LogP contribution in [0.4, 0.5) is 18.9 Å². The summed E-state index contributed by atoms with van der Waals surface area (Å²) in [5.74, 6) is -0.620. The Labute approximate surface area is 225 Å². The first-order valence-electron chi connectivity index (χ1n) is 13.4. The Morgan fingerprint density at radius 2 is 1.79 bits per heavy atom. The van der Waals surface area contributed by atoms with Crippen molar-refractivity contribution in [3.8, 4) is 6.07 Å². The summed E-state index contributed by atoms with van der Waals surface area (Å²) in [6.45, 7) is 7.43. The van der Waals surface area contributed by atoms with Crippen molar-refractivity contribution in [2.45, 2.75) is 56.9 Å². The zero-order valence-corrected chi connectivity index (χ0v) is 22.4. The van der Waals surface area contributed by atoms with Crippen LogP contribution < -0.4 is 15.5 Å². The van der Waals surface area contributed by atoms with Crippen LogP contribution >= 0.6 is 0 Å². The Morgan fingerprint density at radius 1 is 1.08 bits per heavy atom. The van der Waals surface area contributed by atoms with Crippen LogP contribution in [0.15, 0.2) is 40.8 Å². The van der Waals surface area contributed by atoms with Gasteiger partial charge in [-0.2, -0.15) is 18.4 Å². The number of halogens is 3. The van der Waals surface area contributed by atoms with E-state index in [0.717, 1.165) is 42.6 Å². The molecule has 1 saturated heterocycles. The third kappa shape index (κ3) is 5.85. The lowest BCUT2D eigenvalue weighted by Crippen LogP contribution is -2.52. The summed E-state index contributed by atoms with van der Waals surface area (Å²) in [5, 5.41) is 16.2. The van der Waals surface area contributed by atoms with Gasteiger partial charge in [-0.05, 0) is 62.1 Å². The molecule has 10 heteroatoms. The molecule has 5 rings (SSSR count). The first-order valence-corrected chi connectivity index (χ1v) is 13.4. The summed E-state index contributed by atoms with van der Waals surface area (Å²) in [4.78, 5) is 17.6. The molecule has 2 fully saturated rings. The highest BCUT2D eigenvalue weighted by atomic mass is 19.4. The first-order chi connectivity index (χ1) is 18.5. The van der Waals surface area contributed by atoms with Crippen molar-refractivity contribution in [3.05, 3.63) is 42.0 Å². The fourth-order valence-electron chi connectivity index (χ4n) is 5.24. The highest BCUT2D eigenvalue weighted by Gasteiger charge is 2.47. The Bertz CT molecular complexity index is 1400. The molecule has 0 radical (unpaired) electrons. The average Bonchev–Trinajstić information content (AvgIpc) is 3.56. The van der Waals surface area contributed by atoms with E-state index in [1.807, 2.05) is 32.0 Å². The second kappa shape index (κ2) is 10.4. The molecule has 2 aromatic carbocycles. The van der Waals surface area contributed by atoms with Crippen LogP contribution in [0.1, 0.15) is 44.7 Å². The Morgan fingerprint density at radius 3 is 2.41 bits per heavy atom. The molecular weight excluding hydrogens is 507 g/mol. The Balaban J connectivity index is 1.44. The van der Waals surface area contributed by atoms with Gasteiger partial charge in [-0.15, -0.1) is 0 Å². The second-order valence-electron chi connectivity index (χ2n) is 11.3. The predicted molar refractivity (Wildman–Crippen MR) is 144 cm³/mol. The van der Waals surface area contributed by atoms with E-state index in [0.29, 0.717) is 24.0 Å². The number of likely N-dealkylation sites (N-methyl/N-ethyl adjacent to an activating group) is 1. The highest BCUT2D eigenvalue weighted by Crippen LogP contribution is 2.39. The molecule has 2 aliphatic rings. The number of benzene rings is 2. The molecule has 7 nitrogen and oxygen atoms in total. The van der Waals surface area contributed by atoms with Gasteiger partial charge in [0.2, 0.25) is 5.91 Å². The summed E-state index contributed by atoms with van der Waals surface area (Å²) >= 11 is 0. The lowest BCUT2D eigenvalue weighted by atomic mass is 9.98. The molecule has 0 spiro atoms. The number of alkyl halides is 3. The van der Waals surface area contributed by atoms with E-state index < -0.39 is 29.7 Å². The highest BCUT2D eigenvalue weighted by molar-refractivity contribution is 6.06. The Hall–Kier alpha value is -3.29. The van der Waals surface area contributed by atoms with E-state index in [2.05, 4.69) is 33.6 Å². The number of piperazine rings is 1. The van der Waals surface area contributed by atoms with Crippen LogP contribution in [-0.2, 0) is 4.79 Å². The lowest BCUT2D eigenvalue weighted by molar-refractivity contribution is -0.161. The molecule has 1 aliphatic carbocycles. The van der Waals surface area contributed by atoms with E-state index >= 15 is 0 Å². The number of anilines is 1. The second-order valence-corrected chi connectivity index (χ2v) is 11.3. The molecule has 1 saturated carbocycles. The Kier molecular flexibility index (Phi) is 7.25. The zero-order chi connectivity index (χ0) is 27.9. The number of carbonyl (C=O) groups excluding carboxylic acids is 1. The number of fused-ring (bicyclic) bond motifs is 3. The zero-order valence-electron chi connectivity index (χ0n) is 22.4. The fourth-order valence-corrected chi connectivity index (χ4v) is 5.24. The standard InChI is InChI=1S/C29H34F3N5O2/c1-18(2)14-23(27(38)35-28(17-33)8-9-28)34-26(29(30,31)32)19-4-6-21-22-16-20(37-12-10-36(3)11-13-37)5-7-24(22)39-25(21)15-19/h4-7,15-16,18,23,26,34H,8-14H2,1-3H3,(H,35,38)/t23-,26-/m0/s1. The van der Waals surface area contributed by atoms with E-state index in [1.54, 1.807) is 6.07 Å². The summed E-state index contributed by atoms with van der Waals surface area (Å²) in [6, 6.07) is 9.30. The quantitative estimate of drug-likeness (QED) is 0.412. The molecule has 1 aromatic heterocycles. The maximum atomic E-state index is 14.4. The lowest BCUT2D eigenvalue weighted by Gasteiger charge is -2.34. The van der Waals surface area contributed by atoms with Gasteiger partial charge in [0, 0.05) is 42.6 Å². The third-order valence-corrected chi connectivity index (χ3v) is 7.73. The summed E-state index contributed by atoms with van der Waals surface area (Å²) in [6.07, 6.45) is -3.45. The molecule has 0 bridgehead atoms. The largest absolute Gasteiger partial charge is 0.456 e. The SMILES string of the molecule is CC(C)C[C@H](N[C@@H](c1ccc2c(c1)oc1ccc(N3CCN(C)CC3)cc12)C(F)(F)F)C(=O)NC1(C#N)CC1. The number of hydrogen-bond donors (Lipinski definition) is 2. The fraction of sp³-hybridized carbons (Fsp3) is 0.517. The molecule has 0 unspecified atom stereocenters. The molecule has 2 atom stereocenters. The van der Waals surface area contributed by atoms with Crippen molar-refractivity contribution < 1.29 is 22.4 Å². The molecule has 2 N–H and O–H groups in total. The van der Waals surface area contributed by atoms with Gasteiger partial charge in [-0.3, -0.25) is 10.1 Å². The smallest absolute Gasteiger partial charge is 0.407 e. The van der Waals surface area contributed by atoms with Crippen molar-refractivity contribution in [2.24, 2.45) is 5.92 Å². The summed E-state index contributed by atoms with van der Waals surface area (Å²) in [5.41, 5.74) is 1.04. The normalized spacial score (nSPS) is 19.3. The van der Waals surface area contributed by atoms with Crippen LogP contribution in [0.25, 0.3) is 21.9 Å². The van der Waals surface area contributed by atoms with Crippen molar-refractivity contribution in [3.63, 3.8) is 0 Å². The van der Waals surface area contributed by atoms with Crippen LogP contribution in [0.2, 0.25) is 0 Å². The predicted octanol–water partition coefficient (Wildman–Crippen LogP) is 5.12. The number of rotatable bonds is 8. The number of nitrogens with zero attached hydrogens (tertiary/aromatic N) is 3. The molecular formula is C29H34F3N5O2. The van der Waals surface area contributed by atoms with Gasteiger partial charge in [0.25, 0.3) is 0 Å². The third-order valence-electron chi connectivity index (χ3n) is 7.73. The van der Waals surface area contributed by atoms with Gasteiger partial charge in [0.15, 0.2) is 0 Å². The van der Waals surface area contributed by atoms with E-state index in [4.69, 9.17) is 4.42 Å². The van der Waals surface area contributed by atoms with Gasteiger partial charge in [0.05, 0.1) is 12.1 Å². The van der Waals surface area contributed by atoms with Gasteiger partial charge in [-0.1, -0.05) is 26.0 Å². The number of carbonyl (C=O) groups is 1. The van der Waals surface area contributed by atoms with Crippen molar-refractivity contribution in [1.82, 2.24) is 15.5 Å². The summed E-state index contributed by atoms with van der Waals surface area (Å²) in [7, 11) is 2.10. The minimum atomic E-state index is -4.66. The number of furan rings is 1. The maximum Gasteiger partial charge on any atom is 0.407 e.